The van der Waals surface area contributed by atoms with E-state index in [0.717, 1.165) is 11.3 Å². The number of benzene rings is 1. The van der Waals surface area contributed by atoms with Crippen LogP contribution in [0.25, 0.3) is 11.3 Å². The molecule has 0 aliphatic carbocycles. The van der Waals surface area contributed by atoms with E-state index in [1.54, 1.807) is 24.5 Å². The molecule has 3 rings (SSSR count). The highest BCUT2D eigenvalue weighted by atomic mass is 32.1. The van der Waals surface area contributed by atoms with Gasteiger partial charge in [-0.3, -0.25) is 9.78 Å². The number of hydrogen-bond donors (Lipinski definition) is 1. The molecule has 1 aromatic carbocycles. The normalized spacial score (nSPS) is 10.2. The largest absolute Gasteiger partial charge is 0.320 e. The summed E-state index contributed by atoms with van der Waals surface area (Å²) in [4.78, 5) is 20.3. The second-order valence-electron chi connectivity index (χ2n) is 4.09. The Bertz CT molecular complexity index is 710. The number of hydrogen-bond acceptors (Lipinski definition) is 4. The number of carbonyl (C=O) groups is 1. The van der Waals surface area contributed by atoms with Gasteiger partial charge in [0, 0.05) is 29.0 Å². The van der Waals surface area contributed by atoms with Crippen LogP contribution in [0.2, 0.25) is 0 Å². The minimum absolute atomic E-state index is 0.205. The summed E-state index contributed by atoms with van der Waals surface area (Å²) in [5.74, 6) is -0.205. The summed E-state index contributed by atoms with van der Waals surface area (Å²) < 4.78 is 0. The maximum atomic E-state index is 12.1. The summed E-state index contributed by atoms with van der Waals surface area (Å²) in [6.07, 6.45) is 3.26. The van der Waals surface area contributed by atoms with E-state index < -0.39 is 0 Å². The summed E-state index contributed by atoms with van der Waals surface area (Å²) in [7, 11) is 0. The Hall–Kier alpha value is -2.53. The Morgan fingerprint density at radius 1 is 1.05 bits per heavy atom. The van der Waals surface area contributed by atoms with Crippen LogP contribution >= 0.6 is 11.3 Å². The molecule has 1 N–H and O–H groups in total. The van der Waals surface area contributed by atoms with Crippen LogP contribution in [-0.2, 0) is 0 Å². The highest BCUT2D eigenvalue weighted by Gasteiger charge is 2.12. The van der Waals surface area contributed by atoms with Gasteiger partial charge in [0.2, 0.25) is 0 Å². The fourth-order valence-corrected chi connectivity index (χ4v) is 2.46. The van der Waals surface area contributed by atoms with Crippen LogP contribution in [0, 0.1) is 0 Å². The minimum atomic E-state index is -0.205. The Balaban J connectivity index is 1.79. The van der Waals surface area contributed by atoms with E-state index in [1.165, 1.54) is 11.3 Å². The number of amides is 1. The van der Waals surface area contributed by atoms with Gasteiger partial charge in [-0.2, -0.15) is 0 Å². The quantitative estimate of drug-likeness (QED) is 0.800. The zero-order valence-corrected chi connectivity index (χ0v) is 11.3. The molecule has 20 heavy (non-hydrogen) atoms. The molecule has 0 fully saturated rings. The van der Waals surface area contributed by atoms with Gasteiger partial charge in [0.1, 0.15) is 0 Å². The third-order valence-electron chi connectivity index (χ3n) is 2.71. The van der Waals surface area contributed by atoms with Crippen LogP contribution in [0.1, 0.15) is 9.80 Å². The lowest BCUT2D eigenvalue weighted by molar-refractivity contribution is 0.102. The average Bonchev–Trinajstić information content (AvgIpc) is 2.99. The monoisotopic (exact) mass is 281 g/mol. The highest BCUT2D eigenvalue weighted by molar-refractivity contribution is 7.12. The van der Waals surface area contributed by atoms with Gasteiger partial charge in [-0.15, -0.1) is 11.3 Å². The van der Waals surface area contributed by atoms with Gasteiger partial charge in [0.25, 0.3) is 5.91 Å². The summed E-state index contributed by atoms with van der Waals surface area (Å²) in [6.45, 7) is 0. The fourth-order valence-electron chi connectivity index (χ4n) is 1.74. The van der Waals surface area contributed by atoms with Gasteiger partial charge in [-0.25, -0.2) is 4.98 Å². The molecule has 5 heteroatoms. The summed E-state index contributed by atoms with van der Waals surface area (Å²) in [5.41, 5.74) is 2.53. The lowest BCUT2D eigenvalue weighted by atomic mass is 10.2. The Kier molecular flexibility index (Phi) is 3.52. The standard InChI is InChI=1S/C15H11N3OS/c19-14(17-12-6-8-16-9-7-12)15-18-13(10-20-15)11-4-2-1-3-5-11/h1-10H,(H,16,17,19). The van der Waals surface area contributed by atoms with Crippen molar-refractivity contribution in [3.8, 4) is 11.3 Å². The third-order valence-corrected chi connectivity index (χ3v) is 3.55. The lowest BCUT2D eigenvalue weighted by Crippen LogP contribution is -2.11. The first-order valence-corrected chi connectivity index (χ1v) is 6.93. The van der Waals surface area contributed by atoms with E-state index in [9.17, 15) is 4.79 Å². The number of nitrogens with zero attached hydrogens (tertiary/aromatic N) is 2. The molecule has 0 spiro atoms. The van der Waals surface area contributed by atoms with Gasteiger partial charge in [-0.1, -0.05) is 30.3 Å². The molecule has 98 valence electrons. The number of pyridine rings is 1. The molecule has 0 bridgehead atoms. The lowest BCUT2D eigenvalue weighted by Gasteiger charge is -2.01. The molecule has 2 aromatic heterocycles. The van der Waals surface area contributed by atoms with Crippen LogP contribution in [0.5, 0.6) is 0 Å². The topological polar surface area (TPSA) is 54.9 Å². The van der Waals surface area contributed by atoms with Crippen molar-refractivity contribution in [3.05, 3.63) is 65.2 Å². The molecule has 0 aliphatic rings. The number of aromatic nitrogens is 2. The van der Waals surface area contributed by atoms with Crippen LogP contribution < -0.4 is 5.32 Å². The second kappa shape index (κ2) is 5.63. The molecule has 1 amide bonds. The van der Waals surface area contributed by atoms with Crippen LogP contribution in [0.15, 0.2) is 60.2 Å². The average molecular weight is 281 g/mol. The Morgan fingerprint density at radius 3 is 2.55 bits per heavy atom. The molecular weight excluding hydrogens is 270 g/mol. The van der Waals surface area contributed by atoms with Gasteiger partial charge < -0.3 is 5.32 Å². The second-order valence-corrected chi connectivity index (χ2v) is 4.95. The summed E-state index contributed by atoms with van der Waals surface area (Å²) >= 11 is 1.33. The molecule has 0 radical (unpaired) electrons. The zero-order valence-electron chi connectivity index (χ0n) is 10.5. The van der Waals surface area contributed by atoms with Gasteiger partial charge in [0.15, 0.2) is 5.01 Å². The van der Waals surface area contributed by atoms with Crippen LogP contribution in [0.4, 0.5) is 5.69 Å². The van der Waals surface area contributed by atoms with Crippen molar-refractivity contribution in [2.24, 2.45) is 0 Å². The van der Waals surface area contributed by atoms with Gasteiger partial charge >= 0.3 is 0 Å². The van der Waals surface area contributed by atoms with E-state index in [-0.39, 0.29) is 5.91 Å². The molecule has 0 saturated heterocycles. The first-order chi connectivity index (χ1) is 9.83. The van der Waals surface area contributed by atoms with Crippen molar-refractivity contribution in [2.75, 3.05) is 5.32 Å². The predicted octanol–water partition coefficient (Wildman–Crippen LogP) is 3.46. The molecular formula is C15H11N3OS. The molecule has 0 unspecified atom stereocenters. The maximum absolute atomic E-state index is 12.1. The van der Waals surface area contributed by atoms with Crippen LogP contribution in [0.3, 0.4) is 0 Å². The fraction of sp³-hybridized carbons (Fsp3) is 0. The van der Waals surface area contributed by atoms with Gasteiger partial charge in [-0.05, 0) is 12.1 Å². The maximum Gasteiger partial charge on any atom is 0.284 e. The Morgan fingerprint density at radius 2 is 1.80 bits per heavy atom. The van der Waals surface area contributed by atoms with Crippen molar-refractivity contribution < 1.29 is 4.79 Å². The SMILES string of the molecule is O=C(Nc1ccncc1)c1nc(-c2ccccc2)cs1. The van der Waals surface area contributed by atoms with Crippen molar-refractivity contribution in [1.82, 2.24) is 9.97 Å². The first-order valence-electron chi connectivity index (χ1n) is 6.05. The molecule has 4 nitrogen and oxygen atoms in total. The molecule has 3 aromatic rings. The predicted molar refractivity (Wildman–Crippen MR) is 79.7 cm³/mol. The Labute approximate surface area is 120 Å². The van der Waals surface area contributed by atoms with E-state index >= 15 is 0 Å². The van der Waals surface area contributed by atoms with Crippen molar-refractivity contribution in [1.29, 1.82) is 0 Å². The van der Waals surface area contributed by atoms with E-state index in [0.29, 0.717) is 10.7 Å². The number of carbonyl (C=O) groups excluding carboxylic acids is 1. The summed E-state index contributed by atoms with van der Waals surface area (Å²) in [6, 6.07) is 13.3. The number of thiazole rings is 1. The molecule has 2 heterocycles. The van der Waals surface area contributed by atoms with E-state index in [4.69, 9.17) is 0 Å². The van der Waals surface area contributed by atoms with Crippen molar-refractivity contribution in [3.63, 3.8) is 0 Å². The number of rotatable bonds is 3. The molecule has 0 atom stereocenters. The zero-order chi connectivity index (χ0) is 13.8. The van der Waals surface area contributed by atoms with Crippen molar-refractivity contribution >= 4 is 22.9 Å². The van der Waals surface area contributed by atoms with E-state index in [1.807, 2.05) is 35.7 Å². The molecule has 0 aliphatic heterocycles. The highest BCUT2D eigenvalue weighted by Crippen LogP contribution is 2.22. The first kappa shape index (κ1) is 12.5. The van der Waals surface area contributed by atoms with Crippen molar-refractivity contribution in [2.45, 2.75) is 0 Å². The minimum Gasteiger partial charge on any atom is -0.320 e. The van der Waals surface area contributed by atoms with E-state index in [2.05, 4.69) is 15.3 Å². The smallest absolute Gasteiger partial charge is 0.284 e. The summed E-state index contributed by atoms with van der Waals surface area (Å²) in [5, 5.41) is 5.12. The van der Waals surface area contributed by atoms with Gasteiger partial charge in [0.05, 0.1) is 5.69 Å². The number of anilines is 1. The molecule has 0 saturated carbocycles. The van der Waals surface area contributed by atoms with Crippen LogP contribution in [-0.4, -0.2) is 15.9 Å². The number of nitrogens with one attached hydrogen (secondary N) is 1. The third kappa shape index (κ3) is 2.73.